The van der Waals surface area contributed by atoms with Crippen LogP contribution in [0.5, 0.6) is 0 Å². The standard InChI is InChI=1S/C19H18BrN3O3S2/c1-28(25,26)15-5-6-16-17(12-15)27-19(21-16)23-9-7-22(8-10-23)18(24)13-3-2-4-14(20)11-13/h2-6,11-12H,7-10H2,1H3. The minimum Gasteiger partial charge on any atom is -0.345 e. The van der Waals surface area contributed by atoms with E-state index in [9.17, 15) is 13.2 Å². The number of anilines is 1. The van der Waals surface area contributed by atoms with Gasteiger partial charge in [-0.2, -0.15) is 0 Å². The van der Waals surface area contributed by atoms with Crippen LogP contribution in [0.15, 0.2) is 51.8 Å². The highest BCUT2D eigenvalue weighted by Gasteiger charge is 2.24. The summed E-state index contributed by atoms with van der Waals surface area (Å²) in [6, 6.07) is 12.4. The number of piperazine rings is 1. The van der Waals surface area contributed by atoms with Crippen molar-refractivity contribution in [1.29, 1.82) is 0 Å². The molecule has 9 heteroatoms. The molecule has 2 heterocycles. The molecular formula is C19H18BrN3O3S2. The summed E-state index contributed by atoms with van der Waals surface area (Å²) in [7, 11) is -3.24. The number of nitrogens with zero attached hydrogens (tertiary/aromatic N) is 3. The van der Waals surface area contributed by atoms with Gasteiger partial charge in [0.05, 0.1) is 15.1 Å². The number of rotatable bonds is 3. The van der Waals surface area contributed by atoms with E-state index in [1.54, 1.807) is 18.2 Å². The summed E-state index contributed by atoms with van der Waals surface area (Å²) in [4.78, 5) is 21.6. The average Bonchev–Trinajstić information content (AvgIpc) is 3.10. The summed E-state index contributed by atoms with van der Waals surface area (Å²) in [6.45, 7) is 2.63. The fourth-order valence-electron chi connectivity index (χ4n) is 3.16. The molecule has 4 rings (SSSR count). The van der Waals surface area contributed by atoms with Crippen LogP contribution in [-0.2, 0) is 9.84 Å². The van der Waals surface area contributed by atoms with Crippen LogP contribution < -0.4 is 4.90 Å². The van der Waals surface area contributed by atoms with Gasteiger partial charge in [0.1, 0.15) is 0 Å². The van der Waals surface area contributed by atoms with E-state index in [2.05, 4.69) is 25.8 Å². The molecule has 1 fully saturated rings. The minimum atomic E-state index is -3.24. The molecule has 1 aromatic heterocycles. The monoisotopic (exact) mass is 479 g/mol. The fourth-order valence-corrected chi connectivity index (χ4v) is 5.34. The van der Waals surface area contributed by atoms with Gasteiger partial charge in [-0.3, -0.25) is 4.79 Å². The molecule has 0 bridgehead atoms. The van der Waals surface area contributed by atoms with Crippen LogP contribution >= 0.6 is 27.3 Å². The molecule has 1 saturated heterocycles. The van der Waals surface area contributed by atoms with E-state index >= 15 is 0 Å². The van der Waals surface area contributed by atoms with Crippen molar-refractivity contribution in [2.45, 2.75) is 4.90 Å². The molecular weight excluding hydrogens is 462 g/mol. The van der Waals surface area contributed by atoms with Gasteiger partial charge >= 0.3 is 0 Å². The molecule has 28 heavy (non-hydrogen) atoms. The van der Waals surface area contributed by atoms with Crippen LogP contribution in [0.1, 0.15) is 10.4 Å². The van der Waals surface area contributed by atoms with Gasteiger partial charge < -0.3 is 9.80 Å². The maximum absolute atomic E-state index is 12.7. The van der Waals surface area contributed by atoms with Crippen molar-refractivity contribution in [3.63, 3.8) is 0 Å². The number of hydrogen-bond donors (Lipinski definition) is 0. The lowest BCUT2D eigenvalue weighted by Gasteiger charge is -2.34. The predicted molar refractivity (Wildman–Crippen MR) is 115 cm³/mol. The number of benzene rings is 2. The van der Waals surface area contributed by atoms with Crippen molar-refractivity contribution in [3.05, 3.63) is 52.5 Å². The summed E-state index contributed by atoms with van der Waals surface area (Å²) >= 11 is 4.89. The molecule has 2 aromatic carbocycles. The average molecular weight is 480 g/mol. The Hall–Kier alpha value is -1.97. The Morgan fingerprint density at radius 3 is 2.54 bits per heavy atom. The maximum Gasteiger partial charge on any atom is 0.254 e. The molecule has 3 aromatic rings. The second-order valence-corrected chi connectivity index (χ2v) is 10.6. The minimum absolute atomic E-state index is 0.0306. The summed E-state index contributed by atoms with van der Waals surface area (Å²) in [6.07, 6.45) is 1.21. The molecule has 0 saturated carbocycles. The number of thiazole rings is 1. The van der Waals surface area contributed by atoms with Crippen molar-refractivity contribution in [2.75, 3.05) is 37.3 Å². The Morgan fingerprint density at radius 2 is 1.86 bits per heavy atom. The van der Waals surface area contributed by atoms with Gasteiger partial charge in [0.2, 0.25) is 0 Å². The number of aromatic nitrogens is 1. The molecule has 0 spiro atoms. The number of fused-ring (bicyclic) bond motifs is 1. The first kappa shape index (κ1) is 19.4. The van der Waals surface area contributed by atoms with E-state index in [4.69, 9.17) is 0 Å². The number of amides is 1. The number of halogens is 1. The lowest BCUT2D eigenvalue weighted by Crippen LogP contribution is -2.48. The topological polar surface area (TPSA) is 70.6 Å². The molecule has 1 aliphatic heterocycles. The second kappa shape index (κ2) is 7.46. The summed E-state index contributed by atoms with van der Waals surface area (Å²) in [5, 5.41) is 0.857. The van der Waals surface area contributed by atoms with E-state index < -0.39 is 9.84 Å². The van der Waals surface area contributed by atoms with Gasteiger partial charge in [0.25, 0.3) is 5.91 Å². The molecule has 0 aliphatic carbocycles. The maximum atomic E-state index is 12.7. The highest BCUT2D eigenvalue weighted by atomic mass is 79.9. The van der Waals surface area contributed by atoms with E-state index in [1.807, 2.05) is 29.2 Å². The van der Waals surface area contributed by atoms with Gasteiger partial charge in [-0.15, -0.1) is 0 Å². The molecule has 146 valence electrons. The summed E-state index contributed by atoms with van der Waals surface area (Å²) in [5.41, 5.74) is 1.47. The zero-order valence-corrected chi connectivity index (χ0v) is 18.3. The second-order valence-electron chi connectivity index (χ2n) is 6.69. The molecule has 1 amide bonds. The third-order valence-electron chi connectivity index (χ3n) is 4.69. The number of sulfone groups is 1. The zero-order valence-electron chi connectivity index (χ0n) is 15.1. The molecule has 0 N–H and O–H groups in total. The Morgan fingerprint density at radius 1 is 1.11 bits per heavy atom. The summed E-state index contributed by atoms with van der Waals surface area (Å²) < 4.78 is 25.3. The van der Waals surface area contributed by atoms with Crippen LogP contribution in [0, 0.1) is 0 Å². The van der Waals surface area contributed by atoms with Crippen molar-refractivity contribution >= 4 is 58.4 Å². The molecule has 0 radical (unpaired) electrons. The van der Waals surface area contributed by atoms with Crippen molar-refractivity contribution in [2.24, 2.45) is 0 Å². The fraction of sp³-hybridized carbons (Fsp3) is 0.263. The largest absolute Gasteiger partial charge is 0.345 e. The first-order chi connectivity index (χ1) is 13.3. The first-order valence-corrected chi connectivity index (χ1v) is 12.2. The molecule has 1 aliphatic rings. The lowest BCUT2D eigenvalue weighted by molar-refractivity contribution is 0.0746. The van der Waals surface area contributed by atoms with Gasteiger partial charge in [0.15, 0.2) is 15.0 Å². The Balaban J connectivity index is 1.48. The van der Waals surface area contributed by atoms with Crippen LogP contribution in [0.3, 0.4) is 0 Å². The quantitative estimate of drug-likeness (QED) is 0.575. The van der Waals surface area contributed by atoms with E-state index in [0.717, 1.165) is 19.8 Å². The SMILES string of the molecule is CS(=O)(=O)c1ccc2nc(N3CCN(C(=O)c4cccc(Br)c4)CC3)sc2c1. The highest BCUT2D eigenvalue weighted by Crippen LogP contribution is 2.31. The Bertz CT molecular complexity index is 1150. The number of carbonyl (C=O) groups excluding carboxylic acids is 1. The van der Waals surface area contributed by atoms with E-state index in [1.165, 1.54) is 17.6 Å². The predicted octanol–water partition coefficient (Wildman–Crippen LogP) is 3.42. The van der Waals surface area contributed by atoms with E-state index in [0.29, 0.717) is 36.6 Å². The van der Waals surface area contributed by atoms with Crippen molar-refractivity contribution in [3.8, 4) is 0 Å². The molecule has 0 atom stereocenters. The first-order valence-electron chi connectivity index (χ1n) is 8.72. The van der Waals surface area contributed by atoms with Crippen LogP contribution in [0.25, 0.3) is 10.2 Å². The smallest absolute Gasteiger partial charge is 0.254 e. The van der Waals surface area contributed by atoms with Gasteiger partial charge in [0, 0.05) is 42.5 Å². The lowest BCUT2D eigenvalue weighted by atomic mass is 10.2. The molecule has 0 unspecified atom stereocenters. The third-order valence-corrected chi connectivity index (χ3v) is 7.37. The van der Waals surface area contributed by atoms with Gasteiger partial charge in [-0.1, -0.05) is 33.3 Å². The summed E-state index contributed by atoms with van der Waals surface area (Å²) in [5.74, 6) is 0.0306. The Kier molecular flexibility index (Phi) is 5.15. The third kappa shape index (κ3) is 3.92. The normalized spacial score (nSPS) is 15.2. The number of hydrogen-bond acceptors (Lipinski definition) is 6. The van der Waals surface area contributed by atoms with Crippen molar-refractivity contribution < 1.29 is 13.2 Å². The zero-order chi connectivity index (χ0) is 19.9. The highest BCUT2D eigenvalue weighted by molar-refractivity contribution is 9.10. The Labute approximate surface area is 175 Å². The van der Waals surface area contributed by atoms with Crippen LogP contribution in [0.2, 0.25) is 0 Å². The number of carbonyl (C=O) groups is 1. The van der Waals surface area contributed by atoms with Crippen LogP contribution in [0.4, 0.5) is 5.13 Å². The van der Waals surface area contributed by atoms with Gasteiger partial charge in [-0.25, -0.2) is 13.4 Å². The van der Waals surface area contributed by atoms with Crippen LogP contribution in [-0.4, -0.2) is 56.6 Å². The van der Waals surface area contributed by atoms with Gasteiger partial charge in [-0.05, 0) is 36.4 Å². The van der Waals surface area contributed by atoms with E-state index in [-0.39, 0.29) is 5.91 Å². The van der Waals surface area contributed by atoms with Crippen molar-refractivity contribution in [1.82, 2.24) is 9.88 Å². The molecule has 6 nitrogen and oxygen atoms in total.